The van der Waals surface area contributed by atoms with E-state index in [2.05, 4.69) is 29.8 Å². The molecule has 2 fully saturated rings. The van der Waals surface area contributed by atoms with E-state index in [-0.39, 0.29) is 0 Å². The molecule has 0 saturated heterocycles. The molecule has 0 amide bonds. The molecule has 0 aliphatic heterocycles. The van der Waals surface area contributed by atoms with Crippen LogP contribution in [0.25, 0.3) is 0 Å². The summed E-state index contributed by atoms with van der Waals surface area (Å²) in [6.07, 6.45) is 7.26. The van der Waals surface area contributed by atoms with Gasteiger partial charge in [-0.3, -0.25) is 0 Å². The lowest BCUT2D eigenvalue weighted by Crippen LogP contribution is -2.34. The topological polar surface area (TPSA) is 12.0 Å². The molecule has 4 unspecified atom stereocenters. The maximum atomic E-state index is 3.75. The first-order chi connectivity index (χ1) is 8.31. The molecule has 4 atom stereocenters. The van der Waals surface area contributed by atoms with Crippen LogP contribution in [-0.2, 0) is 6.42 Å². The van der Waals surface area contributed by atoms with Crippen LogP contribution in [0, 0.1) is 17.8 Å². The van der Waals surface area contributed by atoms with Gasteiger partial charge >= 0.3 is 0 Å². The van der Waals surface area contributed by atoms with Crippen LogP contribution in [-0.4, -0.2) is 12.6 Å². The van der Waals surface area contributed by atoms with Crippen LogP contribution < -0.4 is 5.32 Å². The van der Waals surface area contributed by atoms with Gasteiger partial charge in [0.15, 0.2) is 0 Å². The van der Waals surface area contributed by atoms with Crippen LogP contribution >= 0.6 is 11.3 Å². The Kier molecular flexibility index (Phi) is 3.53. The zero-order chi connectivity index (χ0) is 11.7. The van der Waals surface area contributed by atoms with Crippen molar-refractivity contribution in [1.82, 2.24) is 5.32 Å². The van der Waals surface area contributed by atoms with Crippen molar-refractivity contribution in [3.05, 3.63) is 22.4 Å². The van der Waals surface area contributed by atoms with Gasteiger partial charge in [0.2, 0.25) is 0 Å². The minimum atomic E-state index is 0.632. The van der Waals surface area contributed by atoms with Crippen LogP contribution in [0.15, 0.2) is 17.5 Å². The fourth-order valence-corrected chi connectivity index (χ4v) is 4.62. The van der Waals surface area contributed by atoms with E-state index in [0.29, 0.717) is 6.04 Å². The van der Waals surface area contributed by atoms with Crippen molar-refractivity contribution < 1.29 is 0 Å². The number of thiophene rings is 1. The van der Waals surface area contributed by atoms with Gasteiger partial charge in [-0.2, -0.15) is 0 Å². The van der Waals surface area contributed by atoms with Gasteiger partial charge < -0.3 is 5.32 Å². The Hall–Kier alpha value is -0.340. The summed E-state index contributed by atoms with van der Waals surface area (Å²) >= 11 is 1.88. The smallest absolute Gasteiger partial charge is 0.00871 e. The molecule has 1 nitrogen and oxygen atoms in total. The largest absolute Gasteiger partial charge is 0.314 e. The van der Waals surface area contributed by atoms with E-state index >= 15 is 0 Å². The lowest BCUT2D eigenvalue weighted by atomic mass is 9.88. The highest BCUT2D eigenvalue weighted by atomic mass is 32.1. The molecular formula is C15H23NS. The third kappa shape index (κ3) is 2.74. The maximum absolute atomic E-state index is 3.75. The molecule has 1 heterocycles. The van der Waals surface area contributed by atoms with Crippen molar-refractivity contribution in [3.8, 4) is 0 Å². The zero-order valence-corrected chi connectivity index (χ0v) is 11.5. The van der Waals surface area contributed by atoms with Gasteiger partial charge in [0.05, 0.1) is 0 Å². The molecule has 0 spiro atoms. The minimum absolute atomic E-state index is 0.632. The molecule has 2 heteroatoms. The van der Waals surface area contributed by atoms with Crippen molar-refractivity contribution >= 4 is 11.3 Å². The Balaban J connectivity index is 1.42. The van der Waals surface area contributed by atoms with E-state index < -0.39 is 0 Å². The lowest BCUT2D eigenvalue weighted by Gasteiger charge is -2.24. The van der Waals surface area contributed by atoms with Crippen molar-refractivity contribution in [2.45, 2.75) is 45.1 Å². The second-order valence-electron chi connectivity index (χ2n) is 6.03. The highest BCUT2D eigenvalue weighted by Gasteiger charge is 2.38. The van der Waals surface area contributed by atoms with Crippen LogP contribution in [0.4, 0.5) is 0 Å². The number of nitrogens with one attached hydrogen (secondary N) is 1. The van der Waals surface area contributed by atoms with Crippen LogP contribution in [0.1, 0.15) is 37.5 Å². The Labute approximate surface area is 109 Å². The van der Waals surface area contributed by atoms with Gasteiger partial charge in [-0.05, 0) is 68.4 Å². The summed E-state index contributed by atoms with van der Waals surface area (Å²) in [5, 5.41) is 5.93. The van der Waals surface area contributed by atoms with Gasteiger partial charge in [0.1, 0.15) is 0 Å². The van der Waals surface area contributed by atoms with Crippen LogP contribution in [0.2, 0.25) is 0 Å². The molecule has 1 N–H and O–H groups in total. The zero-order valence-electron chi connectivity index (χ0n) is 10.7. The first kappa shape index (κ1) is 11.7. The summed E-state index contributed by atoms with van der Waals surface area (Å²) in [5.41, 5.74) is 0. The summed E-state index contributed by atoms with van der Waals surface area (Å²) in [7, 11) is 0. The van der Waals surface area contributed by atoms with Gasteiger partial charge in [-0.1, -0.05) is 12.5 Å². The first-order valence-electron chi connectivity index (χ1n) is 7.07. The summed E-state index contributed by atoms with van der Waals surface area (Å²) in [5.74, 6) is 3.13. The second kappa shape index (κ2) is 5.11. The lowest BCUT2D eigenvalue weighted by molar-refractivity contribution is 0.308. The van der Waals surface area contributed by atoms with Gasteiger partial charge in [0.25, 0.3) is 0 Å². The average molecular weight is 249 g/mol. The van der Waals surface area contributed by atoms with E-state index in [9.17, 15) is 0 Å². The van der Waals surface area contributed by atoms with E-state index in [1.165, 1.54) is 43.5 Å². The molecule has 0 radical (unpaired) electrons. The first-order valence-corrected chi connectivity index (χ1v) is 7.95. The second-order valence-corrected chi connectivity index (χ2v) is 7.06. The molecular weight excluding hydrogens is 226 g/mol. The third-order valence-corrected chi connectivity index (χ3v) is 5.60. The van der Waals surface area contributed by atoms with Crippen molar-refractivity contribution in [3.63, 3.8) is 0 Å². The van der Waals surface area contributed by atoms with Crippen LogP contribution in [0.5, 0.6) is 0 Å². The molecule has 0 aromatic carbocycles. The minimum Gasteiger partial charge on any atom is -0.314 e. The predicted octanol–water partition coefficient (Wildman–Crippen LogP) is 3.70. The SMILES string of the molecule is CC(Cc1cccs1)NCC1CC2CCC1C2. The van der Waals surface area contributed by atoms with E-state index in [4.69, 9.17) is 0 Å². The highest BCUT2D eigenvalue weighted by molar-refractivity contribution is 7.09. The van der Waals surface area contributed by atoms with Gasteiger partial charge in [-0.15, -0.1) is 11.3 Å². The standard InChI is InChI=1S/C15H23NS/c1-11(7-15-3-2-6-17-15)16-10-14-9-12-4-5-13(14)8-12/h2-3,6,11-14,16H,4-5,7-10H2,1H3. The van der Waals surface area contributed by atoms with Crippen molar-refractivity contribution in [1.29, 1.82) is 0 Å². The van der Waals surface area contributed by atoms with Crippen LogP contribution in [0.3, 0.4) is 0 Å². The van der Waals surface area contributed by atoms with Gasteiger partial charge in [-0.25, -0.2) is 0 Å². The number of fused-ring (bicyclic) bond motifs is 2. The van der Waals surface area contributed by atoms with E-state index in [0.717, 1.165) is 17.8 Å². The summed E-state index contributed by atoms with van der Waals surface area (Å²) in [6, 6.07) is 5.04. The monoisotopic (exact) mass is 249 g/mol. The molecule has 2 aliphatic rings. The predicted molar refractivity (Wildman–Crippen MR) is 74.4 cm³/mol. The van der Waals surface area contributed by atoms with Crippen molar-refractivity contribution in [2.75, 3.05) is 6.54 Å². The quantitative estimate of drug-likeness (QED) is 0.839. The fourth-order valence-electron chi connectivity index (χ4n) is 3.78. The number of rotatable bonds is 5. The third-order valence-electron chi connectivity index (χ3n) is 4.70. The van der Waals surface area contributed by atoms with Crippen molar-refractivity contribution in [2.24, 2.45) is 17.8 Å². The molecule has 2 aliphatic carbocycles. The van der Waals surface area contributed by atoms with E-state index in [1.54, 1.807) is 0 Å². The summed E-state index contributed by atoms with van der Waals surface area (Å²) < 4.78 is 0. The van der Waals surface area contributed by atoms with E-state index in [1.807, 2.05) is 11.3 Å². The molecule has 3 rings (SSSR count). The Morgan fingerprint density at radius 1 is 1.41 bits per heavy atom. The maximum Gasteiger partial charge on any atom is 0.00871 e. The number of hydrogen-bond acceptors (Lipinski definition) is 2. The Morgan fingerprint density at radius 3 is 3.00 bits per heavy atom. The molecule has 2 saturated carbocycles. The summed E-state index contributed by atoms with van der Waals surface area (Å²) in [6.45, 7) is 3.58. The molecule has 1 aromatic heterocycles. The number of hydrogen-bond donors (Lipinski definition) is 1. The highest BCUT2D eigenvalue weighted by Crippen LogP contribution is 2.47. The molecule has 94 valence electrons. The molecule has 2 bridgehead atoms. The molecule has 1 aromatic rings. The summed E-state index contributed by atoms with van der Waals surface area (Å²) in [4.78, 5) is 1.51. The fraction of sp³-hybridized carbons (Fsp3) is 0.733. The Morgan fingerprint density at radius 2 is 2.35 bits per heavy atom. The van der Waals surface area contributed by atoms with Gasteiger partial charge in [0, 0.05) is 10.9 Å². The molecule has 17 heavy (non-hydrogen) atoms. The Bertz CT molecular complexity index is 346. The average Bonchev–Trinajstić information content (AvgIpc) is 3.02. The normalized spacial score (nSPS) is 33.1.